The lowest BCUT2D eigenvalue weighted by Crippen LogP contribution is -1.91. The summed E-state index contributed by atoms with van der Waals surface area (Å²) >= 11 is 0. The lowest BCUT2D eigenvalue weighted by molar-refractivity contribution is 0.0663. The van der Waals surface area contributed by atoms with E-state index in [0.717, 1.165) is 0 Å². The van der Waals surface area contributed by atoms with Gasteiger partial charge in [-0.2, -0.15) is 0 Å². The monoisotopic (exact) mass is 178 g/mol. The summed E-state index contributed by atoms with van der Waals surface area (Å²) in [5, 5.41) is 8.58. The maximum Gasteiger partial charge on any atom is 0.371 e. The van der Waals surface area contributed by atoms with Crippen molar-refractivity contribution in [1.82, 2.24) is 9.97 Å². The van der Waals surface area contributed by atoms with Crippen molar-refractivity contribution in [3.8, 4) is 11.5 Å². The number of aromatic amines is 1. The molecule has 0 fully saturated rings. The standard InChI is InChI=1S/C8H6N2O3/c11-8(12)7-2-1-6(13-7)5-3-9-4-10-5/h1-4H,(H,9,10)(H,11,12). The molecule has 2 aromatic rings. The average molecular weight is 178 g/mol. The second kappa shape index (κ2) is 2.78. The molecule has 0 saturated carbocycles. The molecule has 2 rings (SSSR count). The lowest BCUT2D eigenvalue weighted by Gasteiger charge is -1.88. The van der Waals surface area contributed by atoms with Crippen LogP contribution < -0.4 is 0 Å². The molecule has 13 heavy (non-hydrogen) atoms. The molecule has 0 aliphatic rings. The first-order chi connectivity index (χ1) is 6.27. The number of carboxylic acid groups (broad SMARTS) is 1. The average Bonchev–Trinajstić information content (AvgIpc) is 2.75. The van der Waals surface area contributed by atoms with Crippen LogP contribution in [-0.2, 0) is 0 Å². The Bertz CT molecular complexity index is 416. The minimum absolute atomic E-state index is 0.0791. The smallest absolute Gasteiger partial charge is 0.371 e. The third-order valence-electron chi connectivity index (χ3n) is 1.58. The van der Waals surface area contributed by atoms with Gasteiger partial charge in [-0.05, 0) is 12.1 Å². The van der Waals surface area contributed by atoms with Crippen LogP contribution in [-0.4, -0.2) is 21.0 Å². The SMILES string of the molecule is O=C(O)c1ccc(-c2cnc[nH]2)o1. The Morgan fingerprint density at radius 2 is 2.38 bits per heavy atom. The highest BCUT2D eigenvalue weighted by Gasteiger charge is 2.10. The van der Waals surface area contributed by atoms with Gasteiger partial charge in [-0.25, -0.2) is 9.78 Å². The third-order valence-corrected chi connectivity index (χ3v) is 1.58. The number of carboxylic acids is 1. The van der Waals surface area contributed by atoms with Gasteiger partial charge in [-0.1, -0.05) is 0 Å². The first-order valence-corrected chi connectivity index (χ1v) is 3.59. The number of rotatable bonds is 2. The van der Waals surface area contributed by atoms with Crippen molar-refractivity contribution in [2.24, 2.45) is 0 Å². The van der Waals surface area contributed by atoms with E-state index in [-0.39, 0.29) is 5.76 Å². The van der Waals surface area contributed by atoms with Gasteiger partial charge in [0.1, 0.15) is 5.69 Å². The second-order valence-electron chi connectivity index (χ2n) is 2.43. The zero-order chi connectivity index (χ0) is 9.26. The summed E-state index contributed by atoms with van der Waals surface area (Å²) in [7, 11) is 0. The van der Waals surface area contributed by atoms with E-state index in [1.54, 1.807) is 12.3 Å². The Balaban J connectivity index is 2.39. The number of H-pyrrole nitrogens is 1. The Labute approximate surface area is 73.0 Å². The van der Waals surface area contributed by atoms with Crippen LogP contribution in [0.25, 0.3) is 11.5 Å². The molecule has 0 aliphatic carbocycles. The highest BCUT2D eigenvalue weighted by Crippen LogP contribution is 2.18. The van der Waals surface area contributed by atoms with Crippen LogP contribution in [0.3, 0.4) is 0 Å². The molecule has 0 radical (unpaired) electrons. The Morgan fingerprint density at radius 3 is 2.92 bits per heavy atom. The number of furan rings is 1. The first-order valence-electron chi connectivity index (χ1n) is 3.59. The van der Waals surface area contributed by atoms with Crippen LogP contribution >= 0.6 is 0 Å². The fourth-order valence-electron chi connectivity index (χ4n) is 0.988. The molecule has 5 heteroatoms. The lowest BCUT2D eigenvalue weighted by atomic mass is 10.3. The minimum atomic E-state index is -1.08. The van der Waals surface area contributed by atoms with E-state index in [2.05, 4.69) is 9.97 Å². The molecule has 2 aromatic heterocycles. The highest BCUT2D eigenvalue weighted by atomic mass is 16.4. The van der Waals surface area contributed by atoms with E-state index in [1.165, 1.54) is 12.4 Å². The minimum Gasteiger partial charge on any atom is -0.475 e. The summed E-state index contributed by atoms with van der Waals surface area (Å²) in [6.45, 7) is 0. The fraction of sp³-hybridized carbons (Fsp3) is 0. The zero-order valence-corrected chi connectivity index (χ0v) is 6.52. The Morgan fingerprint density at radius 1 is 1.54 bits per heavy atom. The van der Waals surface area contributed by atoms with Crippen molar-refractivity contribution >= 4 is 5.97 Å². The number of carbonyl (C=O) groups is 1. The second-order valence-corrected chi connectivity index (χ2v) is 2.43. The molecule has 0 atom stereocenters. The summed E-state index contributed by atoms with van der Waals surface area (Å²) < 4.78 is 5.02. The Kier molecular flexibility index (Phi) is 1.63. The Hall–Kier alpha value is -2.04. The summed E-state index contributed by atoms with van der Waals surface area (Å²) in [5.41, 5.74) is 0.660. The van der Waals surface area contributed by atoms with Crippen molar-refractivity contribution in [3.05, 3.63) is 30.4 Å². The van der Waals surface area contributed by atoms with Crippen molar-refractivity contribution in [2.45, 2.75) is 0 Å². The number of aromatic nitrogens is 2. The molecule has 5 nitrogen and oxygen atoms in total. The van der Waals surface area contributed by atoms with E-state index in [4.69, 9.17) is 9.52 Å². The molecule has 0 bridgehead atoms. The van der Waals surface area contributed by atoms with Crippen molar-refractivity contribution in [3.63, 3.8) is 0 Å². The van der Waals surface area contributed by atoms with Crippen LogP contribution in [0.4, 0.5) is 0 Å². The van der Waals surface area contributed by atoms with Crippen LogP contribution in [0.1, 0.15) is 10.6 Å². The molecule has 66 valence electrons. The number of aromatic carboxylic acids is 1. The summed E-state index contributed by atoms with van der Waals surface area (Å²) in [6, 6.07) is 2.98. The predicted molar refractivity (Wildman–Crippen MR) is 43.2 cm³/mol. The molecule has 2 N–H and O–H groups in total. The van der Waals surface area contributed by atoms with Gasteiger partial charge < -0.3 is 14.5 Å². The maximum atomic E-state index is 10.5. The number of hydrogen-bond acceptors (Lipinski definition) is 3. The van der Waals surface area contributed by atoms with Crippen LogP contribution in [0.2, 0.25) is 0 Å². The molecular formula is C8H6N2O3. The topological polar surface area (TPSA) is 79.1 Å². The molecule has 0 saturated heterocycles. The van der Waals surface area contributed by atoms with Crippen molar-refractivity contribution in [2.75, 3.05) is 0 Å². The molecule has 0 amide bonds. The van der Waals surface area contributed by atoms with E-state index < -0.39 is 5.97 Å². The summed E-state index contributed by atoms with van der Waals surface area (Å²) in [6.07, 6.45) is 3.06. The van der Waals surface area contributed by atoms with E-state index in [1.807, 2.05) is 0 Å². The fourth-order valence-corrected chi connectivity index (χ4v) is 0.988. The van der Waals surface area contributed by atoms with Crippen LogP contribution in [0, 0.1) is 0 Å². The predicted octanol–water partition coefficient (Wildman–Crippen LogP) is 1.37. The van der Waals surface area contributed by atoms with Crippen molar-refractivity contribution in [1.29, 1.82) is 0 Å². The van der Waals surface area contributed by atoms with Crippen molar-refractivity contribution < 1.29 is 14.3 Å². The van der Waals surface area contributed by atoms with Gasteiger partial charge in [-0.15, -0.1) is 0 Å². The van der Waals surface area contributed by atoms with Gasteiger partial charge >= 0.3 is 5.97 Å². The number of imidazole rings is 1. The zero-order valence-electron chi connectivity index (χ0n) is 6.52. The third kappa shape index (κ3) is 1.31. The number of nitrogens with zero attached hydrogens (tertiary/aromatic N) is 1. The molecule has 2 heterocycles. The highest BCUT2D eigenvalue weighted by molar-refractivity contribution is 5.85. The van der Waals surface area contributed by atoms with Gasteiger partial charge in [0.25, 0.3) is 0 Å². The molecule has 0 spiro atoms. The van der Waals surface area contributed by atoms with Crippen LogP contribution in [0.5, 0.6) is 0 Å². The molecule has 0 aromatic carbocycles. The molecular weight excluding hydrogens is 172 g/mol. The van der Waals surface area contributed by atoms with E-state index >= 15 is 0 Å². The molecule has 0 unspecified atom stereocenters. The quantitative estimate of drug-likeness (QED) is 0.727. The maximum absolute atomic E-state index is 10.5. The van der Waals surface area contributed by atoms with Crippen LogP contribution in [0.15, 0.2) is 29.1 Å². The normalized spacial score (nSPS) is 10.2. The number of nitrogens with one attached hydrogen (secondary N) is 1. The first kappa shape index (κ1) is 7.60. The summed E-state index contributed by atoms with van der Waals surface area (Å²) in [5.74, 6) is -0.690. The largest absolute Gasteiger partial charge is 0.475 e. The van der Waals surface area contributed by atoms with E-state index in [9.17, 15) is 4.79 Å². The van der Waals surface area contributed by atoms with E-state index in [0.29, 0.717) is 11.5 Å². The molecule has 0 aliphatic heterocycles. The van der Waals surface area contributed by atoms with Gasteiger partial charge in [0.2, 0.25) is 5.76 Å². The number of hydrogen-bond donors (Lipinski definition) is 2. The van der Waals surface area contributed by atoms with Gasteiger partial charge in [-0.3, -0.25) is 0 Å². The van der Waals surface area contributed by atoms with Gasteiger partial charge in [0.15, 0.2) is 5.76 Å². The summed E-state index contributed by atoms with van der Waals surface area (Å²) in [4.78, 5) is 17.1. The van der Waals surface area contributed by atoms with Gasteiger partial charge in [0.05, 0.1) is 12.5 Å². The van der Waals surface area contributed by atoms with Gasteiger partial charge in [0, 0.05) is 0 Å².